The van der Waals surface area contributed by atoms with E-state index in [0.717, 1.165) is 24.3 Å². The number of fused-ring (bicyclic) bond motifs is 1. The van der Waals surface area contributed by atoms with Gasteiger partial charge in [0.1, 0.15) is 89.6 Å². The molecule has 0 aliphatic carbocycles. The van der Waals surface area contributed by atoms with Crippen molar-refractivity contribution in [3.8, 4) is 40.1 Å². The number of phenols is 4. The van der Waals surface area contributed by atoms with Crippen molar-refractivity contribution in [2.24, 2.45) is 0 Å². The van der Waals surface area contributed by atoms with Crippen molar-refractivity contribution in [3.05, 3.63) is 40.6 Å². The molecule has 2 aromatic carbocycles. The number of aromatic hydroxyl groups is 4. The van der Waals surface area contributed by atoms with Crippen LogP contribution in [-0.2, 0) is 23.7 Å². The number of ether oxygens (including phenoxy) is 6. The van der Waals surface area contributed by atoms with Crippen molar-refractivity contribution >= 4 is 11.0 Å². The Balaban J connectivity index is 1.20. The summed E-state index contributed by atoms with van der Waals surface area (Å²) < 4.78 is 39.0. The second kappa shape index (κ2) is 15.7. The molecule has 0 spiro atoms. The zero-order chi connectivity index (χ0) is 39.3. The fourth-order valence-corrected chi connectivity index (χ4v) is 6.22. The maximum atomic E-state index is 13.7. The Hall–Kier alpha value is -3.91. The third kappa shape index (κ3) is 7.52. The average Bonchev–Trinajstić information content (AvgIpc) is 3.13. The molecule has 15 atom stereocenters. The lowest BCUT2D eigenvalue weighted by Crippen LogP contribution is -2.62. The molecule has 1 aromatic heterocycles. The maximum Gasteiger partial charge on any atom is 0.239 e. The van der Waals surface area contributed by atoms with Gasteiger partial charge in [-0.2, -0.15) is 0 Å². The summed E-state index contributed by atoms with van der Waals surface area (Å²) in [6, 6.07) is 5.09. The van der Waals surface area contributed by atoms with E-state index in [-0.39, 0.29) is 11.1 Å². The van der Waals surface area contributed by atoms with Gasteiger partial charge in [-0.1, -0.05) is 0 Å². The highest BCUT2D eigenvalue weighted by molar-refractivity contribution is 5.88. The Bertz CT molecular complexity index is 1850. The van der Waals surface area contributed by atoms with Crippen LogP contribution < -0.4 is 10.2 Å². The molecule has 0 unspecified atom stereocenters. The Morgan fingerprint density at radius 3 is 1.72 bits per heavy atom. The molecule has 3 fully saturated rings. The van der Waals surface area contributed by atoms with Gasteiger partial charge in [-0.05, 0) is 25.1 Å². The Labute approximate surface area is 303 Å². The van der Waals surface area contributed by atoms with Crippen molar-refractivity contribution < 1.29 is 99.2 Å². The zero-order valence-corrected chi connectivity index (χ0v) is 28.0. The molecule has 13 N–H and O–H groups in total. The molecule has 0 amide bonds. The van der Waals surface area contributed by atoms with Crippen LogP contribution in [0.5, 0.6) is 28.7 Å². The summed E-state index contributed by atoms with van der Waals surface area (Å²) in [4.78, 5) is 13.7. The lowest BCUT2D eigenvalue weighted by atomic mass is 9.98. The van der Waals surface area contributed by atoms with E-state index in [9.17, 15) is 71.2 Å². The number of aliphatic hydroxyl groups is 9. The summed E-state index contributed by atoms with van der Waals surface area (Å²) in [6.45, 7) is 0.0455. The number of hydrogen-bond donors (Lipinski definition) is 13. The molecule has 0 saturated carbocycles. The highest BCUT2D eigenvalue weighted by atomic mass is 16.7. The van der Waals surface area contributed by atoms with Crippen LogP contribution in [0.3, 0.4) is 0 Å². The molecule has 298 valence electrons. The van der Waals surface area contributed by atoms with Crippen LogP contribution in [-0.4, -0.2) is 172 Å². The van der Waals surface area contributed by atoms with Crippen LogP contribution in [0.25, 0.3) is 22.3 Å². The molecule has 0 bridgehead atoms. The minimum atomic E-state index is -2.06. The average molecular weight is 773 g/mol. The predicted octanol–water partition coefficient (Wildman–Crippen LogP) is -3.86. The van der Waals surface area contributed by atoms with Crippen molar-refractivity contribution in [1.82, 2.24) is 0 Å². The second-order valence-electron chi connectivity index (χ2n) is 13.1. The van der Waals surface area contributed by atoms with Crippen LogP contribution in [0.1, 0.15) is 6.92 Å². The number of aliphatic hydroxyl groups excluding tert-OH is 9. The summed E-state index contributed by atoms with van der Waals surface area (Å²) in [7, 11) is 0. The highest BCUT2D eigenvalue weighted by Gasteiger charge is 2.49. The molecule has 21 heteroatoms. The van der Waals surface area contributed by atoms with Gasteiger partial charge in [0.15, 0.2) is 29.8 Å². The first-order valence-electron chi connectivity index (χ1n) is 16.5. The maximum absolute atomic E-state index is 13.7. The first kappa shape index (κ1) is 39.8. The van der Waals surface area contributed by atoms with Crippen LogP contribution in [0, 0.1) is 0 Å². The largest absolute Gasteiger partial charge is 0.508 e. The van der Waals surface area contributed by atoms with Gasteiger partial charge in [0.25, 0.3) is 0 Å². The topological polar surface area (TPSA) is 349 Å². The summed E-state index contributed by atoms with van der Waals surface area (Å²) in [6.07, 6.45) is -25.6. The SMILES string of the molecule is C[C@@H]1O[C@@H](OC[C@H]2O[C@@H](OC[C@@H]3O[C@@H](Oc4c(-c5ccc(O)c(O)c5)oc5cc(O)cc(O)c5c4=O)[C@H](O)[C@@H](O)[C@H]3O)[C@H](O)[C@@H](O)[C@@H]2O)[C@@H](O)[C@@H](O)[C@H]1O. The molecule has 0 radical (unpaired) electrons. The van der Waals surface area contributed by atoms with Gasteiger partial charge in [0.2, 0.25) is 17.5 Å². The number of phenolic OH excluding ortho intramolecular Hbond substituents is 4. The molecule has 6 rings (SSSR count). The predicted molar refractivity (Wildman–Crippen MR) is 173 cm³/mol. The fraction of sp³-hybridized carbons (Fsp3) is 0.545. The van der Waals surface area contributed by atoms with E-state index in [1.165, 1.54) is 13.0 Å². The molecule has 21 nitrogen and oxygen atoms in total. The standard InChI is InChI=1S/C33H40O21/c1-9-19(38)23(42)26(45)31(50-9)48-7-16-20(39)24(43)27(46)32(52-16)49-8-17-21(40)25(44)28(47)33(53-17)54-30-22(41)18-14(37)5-11(34)6-15(18)51-29(30)10-2-3-12(35)13(36)4-10/h2-6,9,16-17,19-21,23-28,31-40,42-47H,7-8H2,1H3/t9-,16+,17-,19-,20+,21-,23-,24-,25-,26-,27+,28+,31+,32+,33-/m0/s1. The molecule has 3 saturated heterocycles. The Kier molecular flexibility index (Phi) is 11.5. The summed E-state index contributed by atoms with van der Waals surface area (Å²) in [5.41, 5.74) is -1.50. The van der Waals surface area contributed by atoms with Crippen molar-refractivity contribution in [2.75, 3.05) is 13.2 Å². The first-order chi connectivity index (χ1) is 25.5. The van der Waals surface area contributed by atoms with Gasteiger partial charge in [0.05, 0.1) is 19.3 Å². The van der Waals surface area contributed by atoms with E-state index in [4.69, 9.17) is 32.8 Å². The molecule has 3 aliphatic heterocycles. The van der Waals surface area contributed by atoms with Gasteiger partial charge < -0.3 is 99.2 Å². The Morgan fingerprint density at radius 2 is 1.13 bits per heavy atom. The number of benzene rings is 2. The lowest BCUT2D eigenvalue weighted by Gasteiger charge is -2.43. The third-order valence-corrected chi connectivity index (χ3v) is 9.38. The molecule has 4 heterocycles. The molecule has 3 aromatic rings. The quantitative estimate of drug-likeness (QED) is 0.0925. The van der Waals surface area contributed by atoms with Crippen LogP contribution in [0.4, 0.5) is 0 Å². The van der Waals surface area contributed by atoms with E-state index >= 15 is 0 Å². The number of hydrogen-bond acceptors (Lipinski definition) is 21. The zero-order valence-electron chi connectivity index (χ0n) is 28.0. The van der Waals surface area contributed by atoms with Gasteiger partial charge in [-0.15, -0.1) is 0 Å². The van der Waals surface area contributed by atoms with Gasteiger partial charge >= 0.3 is 0 Å². The van der Waals surface area contributed by atoms with Crippen LogP contribution >= 0.6 is 0 Å². The summed E-state index contributed by atoms with van der Waals surface area (Å²) >= 11 is 0. The van der Waals surface area contributed by atoms with E-state index in [0.29, 0.717) is 0 Å². The molecular weight excluding hydrogens is 732 g/mol. The number of rotatable bonds is 9. The van der Waals surface area contributed by atoms with Gasteiger partial charge in [0, 0.05) is 17.7 Å². The smallest absolute Gasteiger partial charge is 0.239 e. The second-order valence-corrected chi connectivity index (χ2v) is 13.1. The summed E-state index contributed by atoms with van der Waals surface area (Å²) in [5.74, 6) is -3.60. The molecular formula is C33H40O21. The molecule has 54 heavy (non-hydrogen) atoms. The Morgan fingerprint density at radius 1 is 0.593 bits per heavy atom. The minimum absolute atomic E-state index is 0.0801. The van der Waals surface area contributed by atoms with E-state index in [2.05, 4.69) is 0 Å². The van der Waals surface area contributed by atoms with Crippen molar-refractivity contribution in [3.63, 3.8) is 0 Å². The lowest BCUT2D eigenvalue weighted by molar-refractivity contribution is -0.337. The van der Waals surface area contributed by atoms with Crippen molar-refractivity contribution in [2.45, 2.75) is 99.0 Å². The van der Waals surface area contributed by atoms with E-state index in [1.807, 2.05) is 0 Å². The van der Waals surface area contributed by atoms with Crippen molar-refractivity contribution in [1.29, 1.82) is 0 Å². The monoisotopic (exact) mass is 772 g/mol. The third-order valence-electron chi connectivity index (χ3n) is 9.38. The molecule has 3 aliphatic rings. The van der Waals surface area contributed by atoms with Crippen LogP contribution in [0.2, 0.25) is 0 Å². The van der Waals surface area contributed by atoms with E-state index in [1.54, 1.807) is 0 Å². The van der Waals surface area contributed by atoms with Gasteiger partial charge in [-0.25, -0.2) is 0 Å². The normalized spacial score (nSPS) is 37.3. The fourth-order valence-electron chi connectivity index (χ4n) is 6.22. The van der Waals surface area contributed by atoms with E-state index < -0.39 is 151 Å². The summed E-state index contributed by atoms with van der Waals surface area (Å²) in [5, 5.41) is 134. The van der Waals surface area contributed by atoms with Crippen LogP contribution in [0.15, 0.2) is 39.5 Å². The minimum Gasteiger partial charge on any atom is -0.508 e. The highest BCUT2D eigenvalue weighted by Crippen LogP contribution is 2.39. The first-order valence-corrected chi connectivity index (χ1v) is 16.5. The van der Waals surface area contributed by atoms with Gasteiger partial charge in [-0.3, -0.25) is 4.79 Å².